The molecule has 1 aliphatic heterocycles. The summed E-state index contributed by atoms with van der Waals surface area (Å²) in [5.41, 5.74) is 0. The minimum atomic E-state index is 0.352. The second-order valence-corrected chi connectivity index (χ2v) is 4.86. The summed E-state index contributed by atoms with van der Waals surface area (Å²) in [6, 6.07) is 0. The molecule has 0 bridgehead atoms. The fourth-order valence-corrected chi connectivity index (χ4v) is 2.26. The van der Waals surface area contributed by atoms with Gasteiger partial charge >= 0.3 is 0 Å². The molecule has 0 aliphatic carbocycles. The van der Waals surface area contributed by atoms with Crippen LogP contribution in [0.15, 0.2) is 24.0 Å². The van der Waals surface area contributed by atoms with Gasteiger partial charge in [-0.1, -0.05) is 6.08 Å². The number of rotatable bonds is 7. The Kier molecular flexibility index (Phi) is 7.78. The molecule has 0 atom stereocenters. The Hall–Kier alpha value is -0.800. The number of allylic oxidation sites excluding steroid dienone is 3. The standard InChI is InChI=1S/C15H27NO2/c1-3-6-15(4-2)18-12-5-9-16-10-7-14(13-17)8-11-16/h3-4,6,14,17H,5,7-13H2,1-2H3/b6-3-,15-4+. The van der Waals surface area contributed by atoms with Crippen LogP contribution in [0.3, 0.4) is 0 Å². The molecule has 0 spiro atoms. The molecule has 1 N–H and O–H groups in total. The van der Waals surface area contributed by atoms with Crippen LogP contribution in [0.4, 0.5) is 0 Å². The maximum absolute atomic E-state index is 9.08. The Morgan fingerprint density at radius 1 is 1.33 bits per heavy atom. The maximum Gasteiger partial charge on any atom is 0.114 e. The molecule has 0 aromatic heterocycles. The minimum Gasteiger partial charge on any atom is -0.494 e. The average Bonchev–Trinajstić information content (AvgIpc) is 2.43. The summed E-state index contributed by atoms with van der Waals surface area (Å²) in [6.07, 6.45) is 9.32. The fourth-order valence-electron chi connectivity index (χ4n) is 2.26. The lowest BCUT2D eigenvalue weighted by Crippen LogP contribution is -2.35. The molecule has 0 aromatic rings. The number of hydrogen-bond acceptors (Lipinski definition) is 3. The van der Waals surface area contributed by atoms with Crippen LogP contribution in [-0.4, -0.2) is 42.9 Å². The number of ether oxygens (including phenoxy) is 1. The zero-order chi connectivity index (χ0) is 13.2. The number of nitrogens with zero attached hydrogens (tertiary/aromatic N) is 1. The van der Waals surface area contributed by atoms with E-state index in [0.29, 0.717) is 12.5 Å². The predicted octanol–water partition coefficient (Wildman–Crippen LogP) is 2.58. The molecule has 1 rings (SSSR count). The van der Waals surface area contributed by atoms with Crippen LogP contribution in [0.25, 0.3) is 0 Å². The lowest BCUT2D eigenvalue weighted by atomic mass is 9.98. The monoisotopic (exact) mass is 253 g/mol. The molecular weight excluding hydrogens is 226 g/mol. The third-order valence-electron chi connectivity index (χ3n) is 3.47. The first kappa shape index (κ1) is 15.3. The van der Waals surface area contributed by atoms with E-state index in [1.165, 1.54) is 0 Å². The van der Waals surface area contributed by atoms with E-state index in [4.69, 9.17) is 9.84 Å². The zero-order valence-electron chi connectivity index (χ0n) is 11.8. The summed E-state index contributed by atoms with van der Waals surface area (Å²) in [5.74, 6) is 1.48. The zero-order valence-corrected chi connectivity index (χ0v) is 11.8. The molecule has 1 saturated heterocycles. The highest BCUT2D eigenvalue weighted by Gasteiger charge is 2.17. The van der Waals surface area contributed by atoms with Crippen LogP contribution in [0, 0.1) is 5.92 Å². The van der Waals surface area contributed by atoms with Gasteiger partial charge in [-0.2, -0.15) is 0 Å². The Bertz CT molecular complexity index is 266. The Labute approximate surface area is 111 Å². The lowest BCUT2D eigenvalue weighted by molar-refractivity contribution is 0.121. The van der Waals surface area contributed by atoms with E-state index >= 15 is 0 Å². The Balaban J connectivity index is 2.08. The van der Waals surface area contributed by atoms with Crippen molar-refractivity contribution in [3.05, 3.63) is 24.0 Å². The van der Waals surface area contributed by atoms with Crippen LogP contribution in [0.5, 0.6) is 0 Å². The molecule has 0 saturated carbocycles. The van der Waals surface area contributed by atoms with Gasteiger partial charge in [-0.3, -0.25) is 0 Å². The third-order valence-corrected chi connectivity index (χ3v) is 3.47. The molecule has 1 heterocycles. The van der Waals surface area contributed by atoms with Crippen molar-refractivity contribution in [1.29, 1.82) is 0 Å². The van der Waals surface area contributed by atoms with Gasteiger partial charge in [0.15, 0.2) is 0 Å². The Morgan fingerprint density at radius 2 is 2.06 bits per heavy atom. The van der Waals surface area contributed by atoms with Gasteiger partial charge in [0, 0.05) is 13.2 Å². The van der Waals surface area contributed by atoms with Gasteiger partial charge in [0.1, 0.15) is 5.76 Å². The van der Waals surface area contributed by atoms with Crippen molar-refractivity contribution in [2.24, 2.45) is 5.92 Å². The van der Waals surface area contributed by atoms with E-state index < -0.39 is 0 Å². The van der Waals surface area contributed by atoms with E-state index in [1.807, 2.05) is 32.1 Å². The summed E-state index contributed by atoms with van der Waals surface area (Å²) >= 11 is 0. The molecule has 18 heavy (non-hydrogen) atoms. The first-order valence-electron chi connectivity index (χ1n) is 7.05. The van der Waals surface area contributed by atoms with Crippen LogP contribution in [0.2, 0.25) is 0 Å². The number of piperidine rings is 1. The second kappa shape index (κ2) is 9.17. The molecule has 3 heteroatoms. The molecule has 0 amide bonds. The lowest BCUT2D eigenvalue weighted by Gasteiger charge is -2.30. The molecule has 0 aromatic carbocycles. The number of aliphatic hydroxyl groups is 1. The molecule has 0 unspecified atom stereocenters. The smallest absolute Gasteiger partial charge is 0.114 e. The van der Waals surface area contributed by atoms with E-state index in [2.05, 4.69) is 4.90 Å². The summed E-state index contributed by atoms with van der Waals surface area (Å²) in [6.45, 7) is 8.47. The van der Waals surface area contributed by atoms with Gasteiger partial charge in [-0.25, -0.2) is 0 Å². The maximum atomic E-state index is 9.08. The van der Waals surface area contributed by atoms with Crippen LogP contribution in [-0.2, 0) is 4.74 Å². The van der Waals surface area contributed by atoms with Crippen molar-refractivity contribution in [3.8, 4) is 0 Å². The summed E-state index contributed by atoms with van der Waals surface area (Å²) < 4.78 is 5.67. The van der Waals surface area contributed by atoms with Crippen molar-refractivity contribution in [1.82, 2.24) is 4.90 Å². The van der Waals surface area contributed by atoms with Gasteiger partial charge in [-0.15, -0.1) is 0 Å². The van der Waals surface area contributed by atoms with Gasteiger partial charge in [0.2, 0.25) is 0 Å². The quantitative estimate of drug-likeness (QED) is 0.430. The molecule has 3 nitrogen and oxygen atoms in total. The Morgan fingerprint density at radius 3 is 2.61 bits per heavy atom. The first-order valence-corrected chi connectivity index (χ1v) is 7.05. The number of likely N-dealkylation sites (tertiary alicyclic amines) is 1. The topological polar surface area (TPSA) is 32.7 Å². The van der Waals surface area contributed by atoms with E-state index in [-0.39, 0.29) is 0 Å². The minimum absolute atomic E-state index is 0.352. The van der Waals surface area contributed by atoms with Crippen molar-refractivity contribution in [2.75, 3.05) is 32.8 Å². The van der Waals surface area contributed by atoms with Gasteiger partial charge in [0.05, 0.1) is 6.61 Å². The first-order chi connectivity index (χ1) is 8.80. The molecule has 1 aliphatic rings. The summed E-state index contributed by atoms with van der Waals surface area (Å²) in [7, 11) is 0. The number of hydrogen-bond donors (Lipinski definition) is 1. The van der Waals surface area contributed by atoms with Crippen LogP contribution in [0.1, 0.15) is 33.1 Å². The van der Waals surface area contributed by atoms with Crippen molar-refractivity contribution in [2.45, 2.75) is 33.1 Å². The van der Waals surface area contributed by atoms with Gasteiger partial charge < -0.3 is 14.7 Å². The SMILES string of the molecule is C/C=C\C(=C/C)OCCCN1CCC(CO)CC1. The van der Waals surface area contributed by atoms with Crippen molar-refractivity contribution in [3.63, 3.8) is 0 Å². The van der Waals surface area contributed by atoms with E-state index in [0.717, 1.165) is 51.3 Å². The van der Waals surface area contributed by atoms with Gasteiger partial charge in [0.25, 0.3) is 0 Å². The largest absolute Gasteiger partial charge is 0.494 e. The highest BCUT2D eigenvalue weighted by atomic mass is 16.5. The second-order valence-electron chi connectivity index (χ2n) is 4.86. The van der Waals surface area contributed by atoms with Crippen molar-refractivity contribution >= 4 is 0 Å². The van der Waals surface area contributed by atoms with E-state index in [9.17, 15) is 0 Å². The normalized spacial score (nSPS) is 19.6. The average molecular weight is 253 g/mol. The predicted molar refractivity (Wildman–Crippen MR) is 75.4 cm³/mol. The molecular formula is C15H27NO2. The summed E-state index contributed by atoms with van der Waals surface area (Å²) in [5, 5.41) is 9.08. The molecule has 0 radical (unpaired) electrons. The number of aliphatic hydroxyl groups excluding tert-OH is 1. The fraction of sp³-hybridized carbons (Fsp3) is 0.733. The highest BCUT2D eigenvalue weighted by molar-refractivity contribution is 5.09. The van der Waals surface area contributed by atoms with Crippen LogP contribution < -0.4 is 0 Å². The van der Waals surface area contributed by atoms with Crippen LogP contribution >= 0.6 is 0 Å². The molecule has 1 fully saturated rings. The van der Waals surface area contributed by atoms with Gasteiger partial charge in [-0.05, 0) is 64.3 Å². The molecule has 104 valence electrons. The van der Waals surface area contributed by atoms with Crippen molar-refractivity contribution < 1.29 is 9.84 Å². The summed E-state index contributed by atoms with van der Waals surface area (Å²) in [4.78, 5) is 2.47. The third kappa shape index (κ3) is 5.69. The highest BCUT2D eigenvalue weighted by Crippen LogP contribution is 2.16. The van der Waals surface area contributed by atoms with E-state index in [1.54, 1.807) is 0 Å².